The van der Waals surface area contributed by atoms with E-state index in [9.17, 15) is 5.11 Å². The second kappa shape index (κ2) is 10.8. The summed E-state index contributed by atoms with van der Waals surface area (Å²) in [5, 5.41) is 16.3. The second-order valence-corrected chi connectivity index (χ2v) is 7.96. The summed E-state index contributed by atoms with van der Waals surface area (Å²) < 4.78 is 4.39. The highest BCUT2D eigenvalue weighted by molar-refractivity contribution is 6.51. The molecule has 1 unspecified atom stereocenters. The van der Waals surface area contributed by atoms with Crippen molar-refractivity contribution in [1.82, 2.24) is 0 Å². The van der Waals surface area contributed by atoms with Crippen LogP contribution in [0.5, 0.6) is 5.75 Å². The van der Waals surface area contributed by atoms with Gasteiger partial charge in [-0.3, -0.25) is 0 Å². The molecule has 0 aliphatic carbocycles. The van der Waals surface area contributed by atoms with Crippen LogP contribution in [0.25, 0.3) is 0 Å². The smallest absolute Gasteiger partial charge is 0.209 e. The van der Waals surface area contributed by atoms with E-state index >= 15 is 0 Å². The lowest BCUT2D eigenvalue weighted by atomic mass is 9.89. The predicted molar refractivity (Wildman–Crippen MR) is 108 cm³/mol. The molecule has 2 aromatic rings. The number of rotatable bonds is 10. The number of aromatic hydroxyl groups is 1. The number of benzene rings is 2. The number of nitrogens with zero attached hydrogens (tertiary/aromatic N) is 2. The van der Waals surface area contributed by atoms with Gasteiger partial charge in [-0.15, -0.1) is 0 Å². The first-order valence-electron chi connectivity index (χ1n) is 9.44. The van der Waals surface area contributed by atoms with Gasteiger partial charge in [-0.25, -0.2) is 4.78 Å². The first kappa shape index (κ1) is 19.4. The zero-order valence-electron chi connectivity index (χ0n) is 15.5. The van der Waals surface area contributed by atoms with Gasteiger partial charge in [-0.05, 0) is 29.5 Å². The summed E-state index contributed by atoms with van der Waals surface area (Å²) in [6.07, 6.45) is 5.91. The molecule has 0 heterocycles. The standard InChI is InChI=1S/C21H30N2OSi/c1-3-5-7-11-17(4-2)20-15-10-12-18(21(20)24)16-22-23-25-19-13-8-6-9-14-19/h6,8-10,12-15,17,24H,3-5,7,11,16,25H2,1-2H3/b23-22-. The zero-order chi connectivity index (χ0) is 17.9. The number of hydrogen-bond donors (Lipinski definition) is 1. The Morgan fingerprint density at radius 1 is 1.00 bits per heavy atom. The van der Waals surface area contributed by atoms with Gasteiger partial charge >= 0.3 is 0 Å². The van der Waals surface area contributed by atoms with E-state index in [0.29, 0.717) is 18.2 Å². The maximum absolute atomic E-state index is 10.7. The fourth-order valence-electron chi connectivity index (χ4n) is 3.13. The Kier molecular flexibility index (Phi) is 8.39. The van der Waals surface area contributed by atoms with E-state index in [4.69, 9.17) is 0 Å². The van der Waals surface area contributed by atoms with Crippen molar-refractivity contribution in [1.29, 1.82) is 0 Å². The van der Waals surface area contributed by atoms with Gasteiger partial charge < -0.3 is 5.11 Å². The molecule has 0 aliphatic heterocycles. The quantitative estimate of drug-likeness (QED) is 0.371. The van der Waals surface area contributed by atoms with Crippen LogP contribution in [0.2, 0.25) is 0 Å². The van der Waals surface area contributed by atoms with Crippen molar-refractivity contribution in [2.24, 2.45) is 9.89 Å². The number of para-hydroxylation sites is 1. The van der Waals surface area contributed by atoms with Crippen molar-refractivity contribution in [3.63, 3.8) is 0 Å². The summed E-state index contributed by atoms with van der Waals surface area (Å²) in [7, 11) is -0.707. The van der Waals surface area contributed by atoms with Crippen LogP contribution < -0.4 is 5.19 Å². The van der Waals surface area contributed by atoms with E-state index < -0.39 is 9.68 Å². The molecular formula is C21H30N2OSi. The first-order valence-corrected chi connectivity index (χ1v) is 10.8. The van der Waals surface area contributed by atoms with Gasteiger partial charge in [-0.2, -0.15) is 5.11 Å². The zero-order valence-corrected chi connectivity index (χ0v) is 16.9. The van der Waals surface area contributed by atoms with Crippen LogP contribution in [0.15, 0.2) is 58.4 Å². The van der Waals surface area contributed by atoms with Gasteiger partial charge in [0.15, 0.2) is 0 Å². The maximum Gasteiger partial charge on any atom is 0.209 e. The highest BCUT2D eigenvalue weighted by Gasteiger charge is 2.15. The van der Waals surface area contributed by atoms with Crippen molar-refractivity contribution in [2.75, 3.05) is 0 Å². The van der Waals surface area contributed by atoms with Crippen molar-refractivity contribution < 1.29 is 5.11 Å². The second-order valence-electron chi connectivity index (χ2n) is 6.54. The molecular weight excluding hydrogens is 324 g/mol. The third-order valence-corrected chi connectivity index (χ3v) is 5.85. The van der Waals surface area contributed by atoms with E-state index in [1.807, 2.05) is 30.3 Å². The molecule has 0 amide bonds. The fraction of sp³-hybridized carbons (Fsp3) is 0.429. The Morgan fingerprint density at radius 2 is 1.80 bits per heavy atom. The molecule has 2 aromatic carbocycles. The number of phenolic OH excluding ortho intramolecular Hbond substituents is 1. The Hall–Kier alpha value is -1.94. The maximum atomic E-state index is 10.7. The van der Waals surface area contributed by atoms with Crippen molar-refractivity contribution in [3.05, 3.63) is 59.7 Å². The molecule has 0 bridgehead atoms. The minimum Gasteiger partial charge on any atom is -0.507 e. The molecule has 4 heteroatoms. The van der Waals surface area contributed by atoms with Gasteiger partial charge in [0.25, 0.3) is 0 Å². The molecule has 0 aliphatic rings. The van der Waals surface area contributed by atoms with Gasteiger partial charge in [0.05, 0.1) is 6.54 Å². The Bertz CT molecular complexity index is 658. The molecule has 1 N–H and O–H groups in total. The molecule has 0 fully saturated rings. The molecule has 0 spiro atoms. The molecule has 3 nitrogen and oxygen atoms in total. The average molecular weight is 355 g/mol. The third-order valence-electron chi connectivity index (χ3n) is 4.68. The predicted octanol–water partition coefficient (Wildman–Crippen LogP) is 4.83. The van der Waals surface area contributed by atoms with Crippen LogP contribution in [0.1, 0.15) is 63.0 Å². The van der Waals surface area contributed by atoms with Gasteiger partial charge in [0.2, 0.25) is 9.68 Å². The van der Waals surface area contributed by atoms with Crippen LogP contribution in [-0.2, 0) is 6.54 Å². The molecule has 25 heavy (non-hydrogen) atoms. The largest absolute Gasteiger partial charge is 0.507 e. The van der Waals surface area contributed by atoms with Gasteiger partial charge in [0, 0.05) is 5.56 Å². The molecule has 0 saturated heterocycles. The Morgan fingerprint density at radius 3 is 2.52 bits per heavy atom. The van der Waals surface area contributed by atoms with E-state index in [-0.39, 0.29) is 0 Å². The summed E-state index contributed by atoms with van der Waals surface area (Å²) >= 11 is 0. The van der Waals surface area contributed by atoms with E-state index in [1.54, 1.807) is 0 Å². The molecule has 1 atom stereocenters. The Labute approximate surface area is 154 Å². The van der Waals surface area contributed by atoms with Crippen LogP contribution in [-0.4, -0.2) is 14.8 Å². The van der Waals surface area contributed by atoms with Crippen LogP contribution in [0.3, 0.4) is 0 Å². The fourth-order valence-corrected chi connectivity index (χ4v) is 3.98. The molecule has 0 radical (unpaired) electrons. The highest BCUT2D eigenvalue weighted by Crippen LogP contribution is 2.34. The Balaban J connectivity index is 1.99. The van der Waals surface area contributed by atoms with E-state index in [0.717, 1.165) is 24.0 Å². The number of phenols is 1. The summed E-state index contributed by atoms with van der Waals surface area (Å²) in [5.74, 6) is 0.855. The number of unbranched alkanes of at least 4 members (excludes halogenated alkanes) is 2. The third kappa shape index (κ3) is 6.13. The SMILES string of the molecule is CCCCCC(CC)c1cccc(C/N=N\[SiH2]c2ccccc2)c1O. The minimum atomic E-state index is -0.707. The van der Waals surface area contributed by atoms with E-state index in [1.165, 1.54) is 24.4 Å². The lowest BCUT2D eigenvalue weighted by Crippen LogP contribution is -2.09. The minimum absolute atomic E-state index is 0.422. The average Bonchev–Trinajstić information content (AvgIpc) is 2.65. The van der Waals surface area contributed by atoms with Crippen molar-refractivity contribution >= 4 is 14.9 Å². The molecule has 2 rings (SSSR count). The van der Waals surface area contributed by atoms with Crippen molar-refractivity contribution in [2.45, 2.75) is 58.4 Å². The summed E-state index contributed by atoms with van der Waals surface area (Å²) in [6.45, 7) is 4.89. The van der Waals surface area contributed by atoms with Gasteiger partial charge in [-0.1, -0.05) is 81.6 Å². The highest BCUT2D eigenvalue weighted by atomic mass is 28.2. The number of hydrogen-bond acceptors (Lipinski definition) is 3. The monoisotopic (exact) mass is 354 g/mol. The summed E-state index contributed by atoms with van der Waals surface area (Å²) in [4.78, 5) is 0. The molecule has 134 valence electrons. The lowest BCUT2D eigenvalue weighted by molar-refractivity contribution is 0.445. The first-order chi connectivity index (χ1) is 12.3. The lowest BCUT2D eigenvalue weighted by Gasteiger charge is -2.18. The van der Waals surface area contributed by atoms with Crippen LogP contribution in [0, 0.1) is 0 Å². The topological polar surface area (TPSA) is 45.0 Å². The van der Waals surface area contributed by atoms with Crippen LogP contribution in [0.4, 0.5) is 0 Å². The van der Waals surface area contributed by atoms with Crippen molar-refractivity contribution in [3.8, 4) is 5.75 Å². The normalized spacial score (nSPS) is 13.0. The molecule has 0 aromatic heterocycles. The van der Waals surface area contributed by atoms with E-state index in [2.05, 4.69) is 41.9 Å². The summed E-state index contributed by atoms with van der Waals surface area (Å²) in [5.41, 5.74) is 1.96. The molecule has 0 saturated carbocycles. The van der Waals surface area contributed by atoms with Crippen LogP contribution >= 0.6 is 0 Å². The van der Waals surface area contributed by atoms with Gasteiger partial charge in [0.1, 0.15) is 5.75 Å². The summed E-state index contributed by atoms with van der Waals surface area (Å²) in [6, 6.07) is 16.4.